The Kier molecular flexibility index (Phi) is 4.59. The fraction of sp³-hybridized carbons (Fsp3) is 0.692. The molecule has 1 aliphatic rings. The molecule has 2 heterocycles. The molecular formula is C13H22N4S. The summed E-state index contributed by atoms with van der Waals surface area (Å²) in [5.74, 6) is 3.27. The molecule has 2 rings (SSSR count). The number of hydrogen-bond acceptors (Lipinski definition) is 5. The monoisotopic (exact) mass is 266 g/mol. The van der Waals surface area contributed by atoms with E-state index in [0.29, 0.717) is 12.1 Å². The van der Waals surface area contributed by atoms with Crippen LogP contribution in [0.3, 0.4) is 0 Å². The molecule has 0 aliphatic carbocycles. The molecule has 0 saturated carbocycles. The largest absolute Gasteiger partial charge is 0.313 e. The zero-order chi connectivity index (χ0) is 13.1. The molecule has 1 saturated heterocycles. The lowest BCUT2D eigenvalue weighted by Crippen LogP contribution is -2.34. The third-order valence-electron chi connectivity index (χ3n) is 3.63. The first-order valence-electron chi connectivity index (χ1n) is 6.42. The van der Waals surface area contributed by atoms with Gasteiger partial charge in [0.15, 0.2) is 0 Å². The molecule has 2 unspecified atom stereocenters. The standard InChI is InChI=1S/C13H22N4S/c1-9(14-3)11-7-15-13(16-10(11)2)12-8-18-6-5-17(12)4/h7,9,12,14H,5-6,8H2,1-4H3. The van der Waals surface area contributed by atoms with E-state index in [0.717, 1.165) is 23.8 Å². The highest BCUT2D eigenvalue weighted by Gasteiger charge is 2.24. The topological polar surface area (TPSA) is 41.1 Å². The third kappa shape index (κ3) is 2.84. The number of rotatable bonds is 3. The van der Waals surface area contributed by atoms with E-state index in [4.69, 9.17) is 4.98 Å². The number of aromatic nitrogens is 2. The molecule has 100 valence electrons. The van der Waals surface area contributed by atoms with Crippen LogP contribution >= 0.6 is 11.8 Å². The van der Waals surface area contributed by atoms with Crippen molar-refractivity contribution in [3.63, 3.8) is 0 Å². The van der Waals surface area contributed by atoms with Crippen molar-refractivity contribution in [1.29, 1.82) is 0 Å². The van der Waals surface area contributed by atoms with Crippen molar-refractivity contribution >= 4 is 11.8 Å². The summed E-state index contributed by atoms with van der Waals surface area (Å²) >= 11 is 1.99. The lowest BCUT2D eigenvalue weighted by molar-refractivity contribution is 0.264. The maximum atomic E-state index is 4.71. The van der Waals surface area contributed by atoms with E-state index in [2.05, 4.69) is 36.1 Å². The van der Waals surface area contributed by atoms with E-state index < -0.39 is 0 Å². The van der Waals surface area contributed by atoms with Crippen LogP contribution < -0.4 is 5.32 Å². The zero-order valence-corrected chi connectivity index (χ0v) is 12.4. The normalized spacial score (nSPS) is 23.0. The molecule has 1 N–H and O–H groups in total. The van der Waals surface area contributed by atoms with Crippen LogP contribution in [0.4, 0.5) is 0 Å². The molecule has 0 bridgehead atoms. The minimum Gasteiger partial charge on any atom is -0.313 e. The molecule has 1 aromatic heterocycles. The maximum Gasteiger partial charge on any atom is 0.146 e. The fourth-order valence-electron chi connectivity index (χ4n) is 2.19. The van der Waals surface area contributed by atoms with E-state index in [1.54, 1.807) is 0 Å². The minimum absolute atomic E-state index is 0.303. The number of nitrogens with zero attached hydrogens (tertiary/aromatic N) is 3. The number of hydrogen-bond donors (Lipinski definition) is 1. The van der Waals surface area contributed by atoms with Gasteiger partial charge in [0.05, 0.1) is 6.04 Å². The van der Waals surface area contributed by atoms with Crippen LogP contribution in [0.25, 0.3) is 0 Å². The zero-order valence-electron chi connectivity index (χ0n) is 11.6. The lowest BCUT2D eigenvalue weighted by Gasteiger charge is -2.31. The van der Waals surface area contributed by atoms with Crippen molar-refractivity contribution in [3.8, 4) is 0 Å². The maximum absolute atomic E-state index is 4.71. The Bertz CT molecular complexity index is 410. The Morgan fingerprint density at radius 3 is 2.94 bits per heavy atom. The fourth-order valence-corrected chi connectivity index (χ4v) is 3.40. The molecule has 0 amide bonds. The van der Waals surface area contributed by atoms with Gasteiger partial charge >= 0.3 is 0 Å². The van der Waals surface area contributed by atoms with E-state index in [-0.39, 0.29) is 0 Å². The molecule has 1 aromatic rings. The molecule has 0 radical (unpaired) electrons. The molecule has 0 aromatic carbocycles. The van der Waals surface area contributed by atoms with Crippen molar-refractivity contribution in [2.75, 3.05) is 32.1 Å². The van der Waals surface area contributed by atoms with Crippen molar-refractivity contribution in [3.05, 3.63) is 23.3 Å². The second-order valence-corrected chi connectivity index (χ2v) is 6.00. The highest BCUT2D eigenvalue weighted by atomic mass is 32.2. The Labute approximate surface area is 114 Å². The summed E-state index contributed by atoms with van der Waals surface area (Å²) in [6.07, 6.45) is 1.98. The van der Waals surface area contributed by atoms with Gasteiger partial charge in [-0.1, -0.05) is 0 Å². The Balaban J connectivity index is 2.22. The predicted octanol–water partition coefficient (Wildman–Crippen LogP) is 1.79. The van der Waals surface area contributed by atoms with Crippen LogP contribution in [0.2, 0.25) is 0 Å². The first-order valence-corrected chi connectivity index (χ1v) is 7.57. The van der Waals surface area contributed by atoms with Crippen LogP contribution in [-0.2, 0) is 0 Å². The summed E-state index contributed by atoms with van der Waals surface area (Å²) in [6.45, 7) is 5.32. The summed E-state index contributed by atoms with van der Waals surface area (Å²) in [7, 11) is 4.12. The Morgan fingerprint density at radius 2 is 2.33 bits per heavy atom. The van der Waals surface area contributed by atoms with Crippen LogP contribution in [0.1, 0.15) is 36.1 Å². The smallest absolute Gasteiger partial charge is 0.146 e. The van der Waals surface area contributed by atoms with Gasteiger partial charge in [0, 0.05) is 41.5 Å². The third-order valence-corrected chi connectivity index (χ3v) is 4.65. The van der Waals surface area contributed by atoms with Crippen LogP contribution in [-0.4, -0.2) is 47.0 Å². The Morgan fingerprint density at radius 1 is 1.56 bits per heavy atom. The van der Waals surface area contributed by atoms with Gasteiger partial charge in [-0.05, 0) is 27.9 Å². The summed E-state index contributed by atoms with van der Waals surface area (Å²) in [6, 6.07) is 0.666. The number of thioether (sulfide) groups is 1. The van der Waals surface area contributed by atoms with Crippen LogP contribution in [0, 0.1) is 6.92 Å². The molecule has 1 fully saturated rings. The van der Waals surface area contributed by atoms with Crippen LogP contribution in [0.15, 0.2) is 6.20 Å². The summed E-state index contributed by atoms with van der Waals surface area (Å²) < 4.78 is 0. The van der Waals surface area contributed by atoms with Crippen molar-refractivity contribution in [1.82, 2.24) is 20.2 Å². The average molecular weight is 266 g/mol. The highest BCUT2D eigenvalue weighted by molar-refractivity contribution is 7.99. The summed E-state index contributed by atoms with van der Waals surface area (Å²) in [5.41, 5.74) is 2.28. The number of aryl methyl sites for hydroxylation is 1. The lowest BCUT2D eigenvalue weighted by atomic mass is 10.1. The van der Waals surface area contributed by atoms with Gasteiger partial charge in [-0.25, -0.2) is 9.97 Å². The molecular weight excluding hydrogens is 244 g/mol. The minimum atomic E-state index is 0.303. The molecule has 5 heteroatoms. The molecule has 18 heavy (non-hydrogen) atoms. The van der Waals surface area contributed by atoms with Crippen molar-refractivity contribution in [2.45, 2.75) is 25.9 Å². The van der Waals surface area contributed by atoms with E-state index in [1.807, 2.05) is 25.0 Å². The highest BCUT2D eigenvalue weighted by Crippen LogP contribution is 2.26. The average Bonchev–Trinajstić information content (AvgIpc) is 2.38. The first-order chi connectivity index (χ1) is 8.63. The molecule has 4 nitrogen and oxygen atoms in total. The quantitative estimate of drug-likeness (QED) is 0.903. The van der Waals surface area contributed by atoms with Gasteiger partial charge in [-0.3, -0.25) is 4.90 Å². The molecule has 1 aliphatic heterocycles. The summed E-state index contributed by atoms with van der Waals surface area (Å²) in [4.78, 5) is 11.6. The van der Waals surface area contributed by atoms with Gasteiger partial charge in [0.2, 0.25) is 0 Å². The molecule has 0 spiro atoms. The van der Waals surface area contributed by atoms with E-state index in [9.17, 15) is 0 Å². The van der Waals surface area contributed by atoms with Gasteiger partial charge < -0.3 is 5.32 Å². The molecule has 2 atom stereocenters. The summed E-state index contributed by atoms with van der Waals surface area (Å²) in [5, 5.41) is 3.24. The van der Waals surface area contributed by atoms with E-state index in [1.165, 1.54) is 11.3 Å². The Hall–Kier alpha value is -0.650. The SMILES string of the molecule is CNC(C)c1cnc(C2CSCCN2C)nc1C. The van der Waals surface area contributed by atoms with Crippen molar-refractivity contribution in [2.24, 2.45) is 0 Å². The van der Waals surface area contributed by atoms with Crippen molar-refractivity contribution < 1.29 is 0 Å². The second kappa shape index (κ2) is 5.99. The second-order valence-electron chi connectivity index (χ2n) is 4.85. The van der Waals surface area contributed by atoms with Gasteiger partial charge in [-0.15, -0.1) is 0 Å². The number of nitrogens with one attached hydrogen (secondary N) is 1. The van der Waals surface area contributed by atoms with Gasteiger partial charge in [-0.2, -0.15) is 11.8 Å². The van der Waals surface area contributed by atoms with Crippen LogP contribution in [0.5, 0.6) is 0 Å². The first kappa shape index (κ1) is 13.8. The predicted molar refractivity (Wildman–Crippen MR) is 76.9 cm³/mol. The van der Waals surface area contributed by atoms with Gasteiger partial charge in [0.1, 0.15) is 5.82 Å². The van der Waals surface area contributed by atoms with Gasteiger partial charge in [0.25, 0.3) is 0 Å². The van der Waals surface area contributed by atoms with E-state index >= 15 is 0 Å².